The summed E-state index contributed by atoms with van der Waals surface area (Å²) >= 11 is 6.16. The van der Waals surface area contributed by atoms with Crippen LogP contribution in [0.15, 0.2) is 18.2 Å². The number of rotatable bonds is 11. The molecule has 3 aliphatic heterocycles. The number of hydrogen-bond donors (Lipinski definition) is 3. The lowest BCUT2D eigenvalue weighted by atomic mass is 9.81. The Morgan fingerprint density at radius 3 is 1.82 bits per heavy atom. The number of nitrogens with zero attached hydrogens (tertiary/aromatic N) is 9. The molecular formula is C72H110ClF3N12O12. The highest BCUT2D eigenvalue weighted by Gasteiger charge is 2.51. The number of aryl methyl sites for hydroxylation is 1. The topological polar surface area (TPSA) is 270 Å². The van der Waals surface area contributed by atoms with E-state index in [1.807, 2.05) is 13.8 Å². The quantitative estimate of drug-likeness (QED) is 0.224. The Kier molecular flexibility index (Phi) is 29.0. The SMILES string of the molecule is CCC[C@H]1C(=O)N[C@@H]([C@@H](C)CC)C(=O)N(C)CC(=O)N(C)CC(=O)N(C)[C@@H](CC2CCCCC2)C(=O)N(C)CC(=O)N[C@@H](CCc2ccc(C(F)(F)F)c(Cl)c2)C(=O)N2CCC[C@H]2C(=O)NC2(CCCC2)C(=O)N(C)[C@@H](C2CCCCC2)C(=O)N(C)[C@H](C(=O)N2CCCCC2)CC(=O)N1C. The van der Waals surface area contributed by atoms with Gasteiger partial charge in [-0.25, -0.2) is 0 Å². The average molecular weight is 1430 g/mol. The van der Waals surface area contributed by atoms with Gasteiger partial charge in [-0.3, -0.25) is 57.5 Å². The zero-order valence-corrected chi connectivity index (χ0v) is 61.3. The summed E-state index contributed by atoms with van der Waals surface area (Å²) in [4.78, 5) is 191. The van der Waals surface area contributed by atoms with Gasteiger partial charge in [0.1, 0.15) is 47.8 Å². The van der Waals surface area contributed by atoms with Crippen molar-refractivity contribution in [3.05, 3.63) is 34.3 Å². The van der Waals surface area contributed by atoms with Gasteiger partial charge >= 0.3 is 6.18 Å². The smallest absolute Gasteiger partial charge is 0.343 e. The molecule has 0 unspecified atom stereocenters. The summed E-state index contributed by atoms with van der Waals surface area (Å²) in [5, 5.41) is 8.17. The molecule has 3 aliphatic carbocycles. The summed E-state index contributed by atoms with van der Waals surface area (Å²) in [5.41, 5.74) is -2.33. The molecule has 0 aromatic heterocycles. The van der Waals surface area contributed by atoms with E-state index in [4.69, 9.17) is 11.6 Å². The van der Waals surface area contributed by atoms with Crippen LogP contribution in [0.3, 0.4) is 0 Å². The molecule has 24 nitrogen and oxygen atoms in total. The number of amides is 12. The van der Waals surface area contributed by atoms with Crippen LogP contribution < -0.4 is 16.0 Å². The lowest BCUT2D eigenvalue weighted by molar-refractivity contribution is -0.157. The van der Waals surface area contributed by atoms with Crippen molar-refractivity contribution in [2.75, 3.05) is 88.6 Å². The van der Waals surface area contributed by atoms with Gasteiger partial charge in [-0.15, -0.1) is 0 Å². The molecule has 6 aliphatic rings. The number of halogens is 4. The van der Waals surface area contributed by atoms with E-state index < -0.39 is 173 Å². The Hall–Kier alpha value is -7.06. The maximum atomic E-state index is 15.8. The van der Waals surface area contributed by atoms with E-state index in [2.05, 4.69) is 16.0 Å². The summed E-state index contributed by atoms with van der Waals surface area (Å²) in [7, 11) is 10.0. The highest BCUT2D eigenvalue weighted by atomic mass is 35.5. The molecule has 0 radical (unpaired) electrons. The number of carbonyl (C=O) groups is 12. The third-order valence-electron chi connectivity index (χ3n) is 22.2. The van der Waals surface area contributed by atoms with Crippen LogP contribution in [0.4, 0.5) is 13.2 Å². The summed E-state index contributed by atoms with van der Waals surface area (Å²) in [6.45, 7) is 4.56. The van der Waals surface area contributed by atoms with Gasteiger partial charge in [0.15, 0.2) is 0 Å². The van der Waals surface area contributed by atoms with E-state index in [-0.39, 0.29) is 57.4 Å². The number of benzene rings is 1. The predicted octanol–water partition coefficient (Wildman–Crippen LogP) is 6.18. The van der Waals surface area contributed by atoms with Crippen molar-refractivity contribution in [3.63, 3.8) is 0 Å². The van der Waals surface area contributed by atoms with Gasteiger partial charge in [0.2, 0.25) is 70.9 Å². The molecule has 6 fully saturated rings. The minimum absolute atomic E-state index is 0.0213. The molecule has 28 heteroatoms. The summed E-state index contributed by atoms with van der Waals surface area (Å²) < 4.78 is 41.6. The van der Waals surface area contributed by atoms with Gasteiger partial charge in [0, 0.05) is 69.0 Å². The van der Waals surface area contributed by atoms with Crippen LogP contribution in [0.5, 0.6) is 0 Å². The zero-order chi connectivity index (χ0) is 73.5. The monoisotopic (exact) mass is 1430 g/mol. The minimum Gasteiger partial charge on any atom is -0.343 e. The lowest BCUT2D eigenvalue weighted by Gasteiger charge is -2.43. The van der Waals surface area contributed by atoms with E-state index in [9.17, 15) is 41.9 Å². The molecule has 1 aromatic carbocycles. The van der Waals surface area contributed by atoms with Crippen molar-refractivity contribution < 1.29 is 70.7 Å². The molecule has 3 heterocycles. The Morgan fingerprint density at radius 1 is 0.610 bits per heavy atom. The molecule has 1 aromatic rings. The van der Waals surface area contributed by atoms with Crippen LogP contribution >= 0.6 is 11.6 Å². The molecule has 3 N–H and O–H groups in total. The normalized spacial score (nSPS) is 26.9. The number of alkyl halides is 3. The van der Waals surface area contributed by atoms with Gasteiger partial charge in [-0.2, -0.15) is 13.2 Å². The molecule has 7 rings (SSSR count). The van der Waals surface area contributed by atoms with E-state index in [0.717, 1.165) is 84.6 Å². The van der Waals surface area contributed by atoms with Crippen molar-refractivity contribution in [1.82, 2.24) is 60.0 Å². The summed E-state index contributed by atoms with van der Waals surface area (Å²) in [6, 6.07) is -5.47. The predicted molar refractivity (Wildman–Crippen MR) is 369 cm³/mol. The van der Waals surface area contributed by atoms with Gasteiger partial charge < -0.3 is 60.0 Å². The average Bonchev–Trinajstić information content (AvgIpc) is 1.37. The van der Waals surface area contributed by atoms with E-state index in [1.54, 1.807) is 11.8 Å². The van der Waals surface area contributed by atoms with E-state index in [0.29, 0.717) is 76.4 Å². The Labute approximate surface area is 593 Å². The minimum atomic E-state index is -4.76. The lowest BCUT2D eigenvalue weighted by Crippen LogP contribution is -2.65. The van der Waals surface area contributed by atoms with Crippen molar-refractivity contribution in [3.8, 4) is 0 Å². The first-order chi connectivity index (χ1) is 47.3. The van der Waals surface area contributed by atoms with Crippen molar-refractivity contribution in [2.24, 2.45) is 17.8 Å². The standard InChI is InChI=1S/C72H110ClF3N12O12/c1-11-25-53-63(93)78-61(46(3)12-2)68(98)82(6)44-59(91)80(4)45-60(92)84(8)55(41-47-26-16-13-17-27-47)66(96)81(5)43-57(89)77-52(34-32-48-31-33-50(51(73)40-48)72(74,75)76)65(95)88-39-24-30-54(88)64(94)79-71(35-20-21-36-71)70(100)86(10)62(49-28-18-14-19-29-49)69(99)85(9)56(42-58(90)83(53)7)67(97)87-37-22-15-23-38-87/h31,33,40,46-47,49,52-56,61-62H,11-30,32,34-39,41-45H2,1-10H3,(H,77,89)(H,78,93)(H,79,94)/t46-,52-,53-,54-,55-,56-,61-,62-/m0/s1. The maximum Gasteiger partial charge on any atom is 0.417 e. The van der Waals surface area contributed by atoms with E-state index >= 15 is 28.8 Å². The first kappa shape index (κ1) is 80.3. The highest BCUT2D eigenvalue weighted by Crippen LogP contribution is 2.39. The van der Waals surface area contributed by atoms with Crippen LogP contribution in [0, 0.1) is 17.8 Å². The molecule has 8 atom stereocenters. The molecule has 0 bridgehead atoms. The molecule has 3 saturated carbocycles. The fourth-order valence-electron chi connectivity index (χ4n) is 15.7. The summed E-state index contributed by atoms with van der Waals surface area (Å²) in [6.07, 6.45) is 7.60. The Balaban J connectivity index is 1.28. The molecule has 100 heavy (non-hydrogen) atoms. The number of likely N-dealkylation sites (N-methyl/N-ethyl adjacent to an activating group) is 7. The molecule has 1 spiro atoms. The van der Waals surface area contributed by atoms with Crippen molar-refractivity contribution in [2.45, 2.75) is 242 Å². The van der Waals surface area contributed by atoms with Crippen molar-refractivity contribution in [1.29, 1.82) is 0 Å². The van der Waals surface area contributed by atoms with Gasteiger partial charge in [0.25, 0.3) is 0 Å². The fraction of sp³-hybridized carbons (Fsp3) is 0.750. The fourth-order valence-corrected chi connectivity index (χ4v) is 16.0. The summed E-state index contributed by atoms with van der Waals surface area (Å²) in [5.74, 6) is -8.47. The second kappa shape index (κ2) is 36.2. The number of carbonyl (C=O) groups excluding carboxylic acids is 12. The molecule has 3 saturated heterocycles. The number of nitrogens with one attached hydrogen (secondary N) is 3. The molecule has 558 valence electrons. The number of piperidine rings is 1. The van der Waals surface area contributed by atoms with Gasteiger partial charge in [0.05, 0.1) is 36.6 Å². The van der Waals surface area contributed by atoms with Gasteiger partial charge in [-0.1, -0.05) is 115 Å². The first-order valence-corrected chi connectivity index (χ1v) is 36.9. The Morgan fingerprint density at radius 2 is 1.21 bits per heavy atom. The molecule has 12 amide bonds. The second-order valence-corrected chi connectivity index (χ2v) is 29.7. The van der Waals surface area contributed by atoms with Crippen LogP contribution in [0.1, 0.15) is 192 Å². The maximum absolute atomic E-state index is 15.8. The third kappa shape index (κ3) is 20.0. The van der Waals surface area contributed by atoms with Crippen molar-refractivity contribution >= 4 is 82.5 Å². The number of likely N-dealkylation sites (tertiary alicyclic amines) is 1. The van der Waals surface area contributed by atoms with Gasteiger partial charge in [-0.05, 0) is 119 Å². The van der Waals surface area contributed by atoms with Crippen LogP contribution in [0.2, 0.25) is 5.02 Å². The Bertz CT molecular complexity index is 3100. The van der Waals surface area contributed by atoms with E-state index in [1.165, 1.54) is 79.9 Å². The van der Waals surface area contributed by atoms with Crippen LogP contribution in [-0.4, -0.2) is 251 Å². The zero-order valence-electron chi connectivity index (χ0n) is 60.6. The molecular weight excluding hydrogens is 1320 g/mol. The number of fused-ring (bicyclic) bond motifs is 1. The third-order valence-corrected chi connectivity index (χ3v) is 22.5. The van der Waals surface area contributed by atoms with Crippen LogP contribution in [-0.2, 0) is 70.1 Å². The second-order valence-electron chi connectivity index (χ2n) is 29.3. The largest absolute Gasteiger partial charge is 0.417 e. The first-order valence-electron chi connectivity index (χ1n) is 36.5. The highest BCUT2D eigenvalue weighted by molar-refractivity contribution is 6.31. The van der Waals surface area contributed by atoms with Crippen LogP contribution in [0.25, 0.3) is 0 Å². The number of hydrogen-bond acceptors (Lipinski definition) is 12.